The van der Waals surface area contributed by atoms with Gasteiger partial charge in [0, 0.05) is 36.1 Å². The maximum Gasteiger partial charge on any atom is 0.239 e. The summed E-state index contributed by atoms with van der Waals surface area (Å²) in [7, 11) is 3.49. The first-order valence-corrected chi connectivity index (χ1v) is 11.1. The second-order valence-electron chi connectivity index (χ2n) is 9.71. The molecule has 0 bridgehead atoms. The van der Waals surface area contributed by atoms with Crippen LogP contribution in [0.25, 0.3) is 0 Å². The zero-order chi connectivity index (χ0) is 23.0. The molecule has 4 unspecified atom stereocenters. The van der Waals surface area contributed by atoms with Crippen LogP contribution in [0.2, 0.25) is 10.0 Å². The maximum absolute atomic E-state index is 13.3. The van der Waals surface area contributed by atoms with Gasteiger partial charge in [0.1, 0.15) is 5.41 Å². The molecule has 4 atom stereocenters. The second kappa shape index (κ2) is 8.82. The molecule has 164 valence electrons. The highest BCUT2D eigenvalue weighted by atomic mass is 35.5. The average Bonchev–Trinajstić information content (AvgIpc) is 3.01. The van der Waals surface area contributed by atoms with E-state index in [-0.39, 0.29) is 17.4 Å². The van der Waals surface area contributed by atoms with Crippen LogP contribution in [0, 0.1) is 16.7 Å². The molecule has 0 radical (unpaired) electrons. The third kappa shape index (κ3) is 4.60. The number of halogens is 2. The van der Waals surface area contributed by atoms with Crippen molar-refractivity contribution in [2.45, 2.75) is 50.6 Å². The lowest BCUT2D eigenvalue weighted by molar-refractivity contribution is -0.131. The van der Waals surface area contributed by atoms with Crippen LogP contribution in [0.1, 0.15) is 44.2 Å². The van der Waals surface area contributed by atoms with Gasteiger partial charge in [0.25, 0.3) is 0 Å². The Kier molecular flexibility index (Phi) is 6.72. The summed E-state index contributed by atoms with van der Waals surface area (Å²) in [6, 6.07) is 16.8. The molecule has 0 aromatic heterocycles. The molecular weight excluding hydrogens is 429 g/mol. The molecule has 1 N–H and O–H groups in total. The summed E-state index contributed by atoms with van der Waals surface area (Å²) in [6.07, 6.45) is 0.720. The summed E-state index contributed by atoms with van der Waals surface area (Å²) in [6.45, 7) is 6.44. The van der Waals surface area contributed by atoms with E-state index in [1.54, 1.807) is 37.2 Å². The van der Waals surface area contributed by atoms with E-state index >= 15 is 0 Å². The van der Waals surface area contributed by atoms with Crippen molar-refractivity contribution in [2.24, 2.45) is 5.41 Å². The third-order valence-corrected chi connectivity index (χ3v) is 6.48. The van der Waals surface area contributed by atoms with E-state index in [1.165, 1.54) is 0 Å². The fraction of sp³-hybridized carbons (Fsp3) is 0.440. The van der Waals surface area contributed by atoms with Gasteiger partial charge in [-0.3, -0.25) is 4.79 Å². The van der Waals surface area contributed by atoms with E-state index in [0.717, 1.165) is 17.5 Å². The summed E-state index contributed by atoms with van der Waals surface area (Å²) in [5.74, 6) is -0.477. The van der Waals surface area contributed by atoms with Crippen LogP contribution >= 0.6 is 23.2 Å². The highest BCUT2D eigenvalue weighted by Gasteiger charge is 2.59. The molecule has 1 aliphatic rings. The van der Waals surface area contributed by atoms with Crippen molar-refractivity contribution in [3.8, 4) is 6.07 Å². The first-order chi connectivity index (χ1) is 14.5. The molecule has 4 nitrogen and oxygen atoms in total. The molecule has 0 saturated carbocycles. The topological polar surface area (TPSA) is 56.1 Å². The molecule has 1 aliphatic heterocycles. The largest absolute Gasteiger partial charge is 0.347 e. The van der Waals surface area contributed by atoms with Crippen molar-refractivity contribution in [3.05, 3.63) is 69.7 Å². The Hall–Kier alpha value is -2.06. The van der Waals surface area contributed by atoms with Gasteiger partial charge in [-0.25, -0.2) is 0 Å². The zero-order valence-electron chi connectivity index (χ0n) is 18.6. The Balaban J connectivity index is 2.30. The second-order valence-corrected chi connectivity index (χ2v) is 10.6. The van der Waals surface area contributed by atoms with E-state index in [0.29, 0.717) is 10.0 Å². The maximum atomic E-state index is 13.3. The number of carbonyl (C=O) groups excluding carboxylic acids is 1. The monoisotopic (exact) mass is 457 g/mol. The quantitative estimate of drug-likeness (QED) is 0.667. The van der Waals surface area contributed by atoms with Crippen LogP contribution in [0.4, 0.5) is 0 Å². The molecule has 1 saturated heterocycles. The molecule has 0 spiro atoms. The van der Waals surface area contributed by atoms with Crippen LogP contribution in [-0.2, 0) is 10.2 Å². The molecule has 2 aromatic carbocycles. The lowest BCUT2D eigenvalue weighted by Crippen LogP contribution is -2.45. The van der Waals surface area contributed by atoms with Gasteiger partial charge in [-0.05, 0) is 47.2 Å². The van der Waals surface area contributed by atoms with E-state index < -0.39 is 17.4 Å². The fourth-order valence-corrected chi connectivity index (χ4v) is 5.05. The number of nitriles is 1. The third-order valence-electron chi connectivity index (χ3n) is 5.99. The Bertz CT molecular complexity index is 991. The summed E-state index contributed by atoms with van der Waals surface area (Å²) >= 11 is 12.5. The average molecular weight is 458 g/mol. The van der Waals surface area contributed by atoms with Gasteiger partial charge in [0.15, 0.2) is 0 Å². The molecule has 31 heavy (non-hydrogen) atoms. The minimum atomic E-state index is -0.973. The molecule has 1 heterocycles. The van der Waals surface area contributed by atoms with Gasteiger partial charge in [-0.2, -0.15) is 5.26 Å². The van der Waals surface area contributed by atoms with Crippen molar-refractivity contribution >= 4 is 29.1 Å². The molecule has 1 fully saturated rings. The van der Waals surface area contributed by atoms with Gasteiger partial charge in [0.2, 0.25) is 5.91 Å². The predicted molar refractivity (Wildman–Crippen MR) is 126 cm³/mol. The summed E-state index contributed by atoms with van der Waals surface area (Å²) < 4.78 is 0. The SMILES string of the molecule is CN(C)C(=O)C1NC(CC(C)(C)C)C(C#N)(c2ccc(Cl)cc2)C1c1cccc(Cl)c1. The lowest BCUT2D eigenvalue weighted by Gasteiger charge is -2.37. The summed E-state index contributed by atoms with van der Waals surface area (Å²) in [5, 5.41) is 15.5. The number of rotatable bonds is 4. The Morgan fingerprint density at radius 3 is 2.29 bits per heavy atom. The summed E-state index contributed by atoms with van der Waals surface area (Å²) in [5.41, 5.74) is 0.688. The number of benzene rings is 2. The Labute approximate surface area is 195 Å². The van der Waals surface area contributed by atoms with E-state index in [2.05, 4.69) is 32.2 Å². The van der Waals surface area contributed by atoms with Crippen LogP contribution in [0.15, 0.2) is 48.5 Å². The van der Waals surface area contributed by atoms with Crippen molar-refractivity contribution in [1.82, 2.24) is 10.2 Å². The van der Waals surface area contributed by atoms with Crippen molar-refractivity contribution in [3.63, 3.8) is 0 Å². The Morgan fingerprint density at radius 2 is 1.77 bits per heavy atom. The molecular formula is C25H29Cl2N3O. The molecule has 6 heteroatoms. The van der Waals surface area contributed by atoms with Crippen molar-refractivity contribution in [2.75, 3.05) is 14.1 Å². The highest BCUT2D eigenvalue weighted by molar-refractivity contribution is 6.30. The van der Waals surface area contributed by atoms with Crippen LogP contribution < -0.4 is 5.32 Å². The molecule has 3 rings (SSSR count). The van der Waals surface area contributed by atoms with Gasteiger partial charge in [-0.15, -0.1) is 0 Å². The van der Waals surface area contributed by atoms with Gasteiger partial charge >= 0.3 is 0 Å². The van der Waals surface area contributed by atoms with Gasteiger partial charge in [0.05, 0.1) is 12.1 Å². The number of carbonyl (C=O) groups is 1. The van der Waals surface area contributed by atoms with Crippen LogP contribution in [0.3, 0.4) is 0 Å². The van der Waals surface area contributed by atoms with Gasteiger partial charge in [-0.1, -0.05) is 68.2 Å². The first-order valence-electron chi connectivity index (χ1n) is 10.4. The van der Waals surface area contributed by atoms with E-state index in [9.17, 15) is 10.1 Å². The van der Waals surface area contributed by atoms with Crippen molar-refractivity contribution in [1.29, 1.82) is 5.26 Å². The standard InChI is InChI=1S/C25H29Cl2N3O/c1-24(2,3)14-20-25(15-28,17-9-11-18(26)12-10-17)21(16-7-6-8-19(27)13-16)22(29-20)23(31)30(4)5/h6-13,20-22,29H,14H2,1-5H3. The number of amides is 1. The molecule has 2 aromatic rings. The first kappa shape index (κ1) is 23.6. The van der Waals surface area contributed by atoms with E-state index in [1.807, 2.05) is 30.3 Å². The normalized spacial score (nSPS) is 25.8. The summed E-state index contributed by atoms with van der Waals surface area (Å²) in [4.78, 5) is 14.9. The van der Waals surface area contributed by atoms with Crippen LogP contribution in [-0.4, -0.2) is 37.0 Å². The number of nitrogens with zero attached hydrogens (tertiary/aromatic N) is 2. The van der Waals surface area contributed by atoms with Crippen molar-refractivity contribution < 1.29 is 4.79 Å². The highest BCUT2D eigenvalue weighted by Crippen LogP contribution is 2.51. The lowest BCUT2D eigenvalue weighted by atomic mass is 9.63. The van der Waals surface area contributed by atoms with Crippen LogP contribution in [0.5, 0.6) is 0 Å². The fourth-order valence-electron chi connectivity index (χ4n) is 4.72. The number of nitrogens with one attached hydrogen (secondary N) is 1. The number of likely N-dealkylation sites (N-methyl/N-ethyl adjacent to an activating group) is 1. The zero-order valence-corrected chi connectivity index (χ0v) is 20.1. The molecule has 1 amide bonds. The van der Waals surface area contributed by atoms with Gasteiger partial charge < -0.3 is 10.2 Å². The number of hydrogen-bond acceptors (Lipinski definition) is 3. The van der Waals surface area contributed by atoms with E-state index in [4.69, 9.17) is 23.2 Å². The Morgan fingerprint density at radius 1 is 1.13 bits per heavy atom. The predicted octanol–water partition coefficient (Wildman–Crippen LogP) is 5.40. The minimum absolute atomic E-state index is 0.0544. The minimum Gasteiger partial charge on any atom is -0.347 e. The molecule has 0 aliphatic carbocycles. The smallest absolute Gasteiger partial charge is 0.239 e. The number of hydrogen-bond donors (Lipinski definition) is 1.